The molecule has 1 aromatic heterocycles. The van der Waals surface area contributed by atoms with Crippen LogP contribution in [-0.4, -0.2) is 39.7 Å². The number of allylic oxidation sites excluding steroid dienone is 1. The number of benzene rings is 1. The highest BCUT2D eigenvalue weighted by molar-refractivity contribution is 6.03. The summed E-state index contributed by atoms with van der Waals surface area (Å²) in [5, 5.41) is 14.5. The number of nitrogen functional groups attached to an aromatic ring is 1. The molecule has 8 heteroatoms. The zero-order valence-electron chi connectivity index (χ0n) is 16.7. The van der Waals surface area contributed by atoms with E-state index in [1.807, 2.05) is 25.1 Å². The van der Waals surface area contributed by atoms with E-state index in [2.05, 4.69) is 16.8 Å². The second-order valence-electron chi connectivity index (χ2n) is 7.08. The van der Waals surface area contributed by atoms with Gasteiger partial charge in [0.25, 0.3) is 5.91 Å². The molecule has 150 valence electrons. The van der Waals surface area contributed by atoms with Crippen LogP contribution >= 0.6 is 0 Å². The van der Waals surface area contributed by atoms with E-state index in [1.54, 1.807) is 26.8 Å². The van der Waals surface area contributed by atoms with Gasteiger partial charge in [-0.2, -0.15) is 5.10 Å². The fraction of sp³-hybridized carbons (Fsp3) is 0.350. The van der Waals surface area contributed by atoms with Crippen molar-refractivity contribution < 1.29 is 14.6 Å². The molecule has 0 saturated heterocycles. The van der Waals surface area contributed by atoms with Crippen molar-refractivity contribution in [3.05, 3.63) is 35.0 Å². The van der Waals surface area contributed by atoms with Gasteiger partial charge in [-0.05, 0) is 58.2 Å². The number of hydrogen-bond donors (Lipinski definition) is 3. The highest BCUT2D eigenvalue weighted by Gasteiger charge is 2.24. The number of carbonyl (C=O) groups excluding carboxylic acids is 1. The molecule has 0 aliphatic rings. The smallest absolute Gasteiger partial charge is 0.254 e. The molecular formula is C20H27N5O3. The number of nitrogens with two attached hydrogens (primary N) is 2. The van der Waals surface area contributed by atoms with Gasteiger partial charge in [-0.1, -0.05) is 0 Å². The fourth-order valence-electron chi connectivity index (χ4n) is 2.82. The van der Waals surface area contributed by atoms with Gasteiger partial charge in [-0.25, -0.2) is 4.68 Å². The first kappa shape index (κ1) is 21.2. The SMILES string of the molecule is C=Nc1cc(OCC)ccc1/C=C(\C)c1nn(CC(C)(C)O)c(N)c1C(N)=O. The molecule has 28 heavy (non-hydrogen) atoms. The van der Waals surface area contributed by atoms with Crippen LogP contribution < -0.4 is 16.2 Å². The molecule has 0 fully saturated rings. The number of aromatic nitrogens is 2. The maximum Gasteiger partial charge on any atom is 0.254 e. The van der Waals surface area contributed by atoms with Crippen LogP contribution in [0.1, 0.15) is 49.3 Å². The molecule has 0 aliphatic heterocycles. The number of primary amides is 1. The molecule has 8 nitrogen and oxygen atoms in total. The van der Waals surface area contributed by atoms with E-state index >= 15 is 0 Å². The summed E-state index contributed by atoms with van der Waals surface area (Å²) in [7, 11) is 0. The molecule has 0 aliphatic carbocycles. The van der Waals surface area contributed by atoms with Crippen LogP contribution in [0.3, 0.4) is 0 Å². The lowest BCUT2D eigenvalue weighted by Gasteiger charge is -2.17. The number of aliphatic hydroxyl groups is 1. The highest BCUT2D eigenvalue weighted by atomic mass is 16.5. The van der Waals surface area contributed by atoms with Crippen molar-refractivity contribution in [1.29, 1.82) is 0 Å². The molecule has 0 bridgehead atoms. The summed E-state index contributed by atoms with van der Waals surface area (Å²) >= 11 is 0. The first-order chi connectivity index (χ1) is 13.1. The van der Waals surface area contributed by atoms with Crippen LogP contribution in [0.2, 0.25) is 0 Å². The van der Waals surface area contributed by atoms with Crippen molar-refractivity contribution in [1.82, 2.24) is 9.78 Å². The summed E-state index contributed by atoms with van der Waals surface area (Å²) < 4.78 is 6.87. The zero-order valence-corrected chi connectivity index (χ0v) is 16.7. The number of anilines is 1. The van der Waals surface area contributed by atoms with E-state index in [4.69, 9.17) is 16.2 Å². The van der Waals surface area contributed by atoms with E-state index < -0.39 is 11.5 Å². The Balaban J connectivity index is 2.54. The molecule has 0 radical (unpaired) electrons. The van der Waals surface area contributed by atoms with Crippen molar-refractivity contribution in [2.24, 2.45) is 10.7 Å². The van der Waals surface area contributed by atoms with Crippen LogP contribution in [0.5, 0.6) is 5.75 Å². The third-order valence-corrected chi connectivity index (χ3v) is 4.00. The maximum atomic E-state index is 12.0. The Morgan fingerprint density at radius 1 is 1.46 bits per heavy atom. The van der Waals surface area contributed by atoms with Gasteiger partial charge in [0.1, 0.15) is 22.8 Å². The van der Waals surface area contributed by atoms with E-state index in [0.29, 0.717) is 29.3 Å². The van der Waals surface area contributed by atoms with Gasteiger partial charge in [0.15, 0.2) is 0 Å². The molecule has 0 saturated carbocycles. The van der Waals surface area contributed by atoms with Gasteiger partial charge in [0.05, 0.1) is 24.4 Å². The Bertz CT molecular complexity index is 923. The molecule has 0 atom stereocenters. The number of rotatable bonds is 8. The van der Waals surface area contributed by atoms with Crippen molar-refractivity contribution in [2.45, 2.75) is 39.8 Å². The Morgan fingerprint density at radius 2 is 2.14 bits per heavy atom. The summed E-state index contributed by atoms with van der Waals surface area (Å²) in [5.41, 5.74) is 13.1. The molecule has 1 aromatic carbocycles. The molecular weight excluding hydrogens is 358 g/mol. The quantitative estimate of drug-likeness (QED) is 0.602. The van der Waals surface area contributed by atoms with Gasteiger partial charge in [-0.15, -0.1) is 0 Å². The monoisotopic (exact) mass is 385 g/mol. The second-order valence-corrected chi connectivity index (χ2v) is 7.08. The Kier molecular flexibility index (Phi) is 6.25. The maximum absolute atomic E-state index is 12.0. The molecule has 0 unspecified atom stereocenters. The summed E-state index contributed by atoms with van der Waals surface area (Å²) in [6, 6.07) is 5.46. The van der Waals surface area contributed by atoms with Crippen molar-refractivity contribution >= 4 is 35.8 Å². The predicted octanol–water partition coefficient (Wildman–Crippen LogP) is 2.63. The third-order valence-electron chi connectivity index (χ3n) is 4.00. The fourth-order valence-corrected chi connectivity index (χ4v) is 2.82. The highest BCUT2D eigenvalue weighted by Crippen LogP contribution is 2.31. The number of nitrogens with zero attached hydrogens (tertiary/aromatic N) is 3. The lowest BCUT2D eigenvalue weighted by molar-refractivity contribution is 0.0583. The lowest BCUT2D eigenvalue weighted by Crippen LogP contribution is -2.27. The first-order valence-corrected chi connectivity index (χ1v) is 8.88. The van der Waals surface area contributed by atoms with Gasteiger partial charge in [0.2, 0.25) is 0 Å². The minimum Gasteiger partial charge on any atom is -0.494 e. The molecule has 1 heterocycles. The van der Waals surface area contributed by atoms with Gasteiger partial charge >= 0.3 is 0 Å². The number of carbonyl (C=O) groups is 1. The van der Waals surface area contributed by atoms with Crippen molar-refractivity contribution in [3.63, 3.8) is 0 Å². The largest absolute Gasteiger partial charge is 0.494 e. The number of aliphatic imine (C=N–C) groups is 1. The van der Waals surface area contributed by atoms with E-state index in [1.165, 1.54) is 4.68 Å². The number of hydrogen-bond acceptors (Lipinski definition) is 6. The van der Waals surface area contributed by atoms with Crippen LogP contribution in [0.25, 0.3) is 11.6 Å². The number of ether oxygens (including phenoxy) is 1. The summed E-state index contributed by atoms with van der Waals surface area (Å²) in [5.74, 6) is 0.123. The third kappa shape index (κ3) is 4.77. The van der Waals surface area contributed by atoms with Crippen molar-refractivity contribution in [2.75, 3.05) is 12.3 Å². The summed E-state index contributed by atoms with van der Waals surface area (Å²) in [6.45, 7) is 11.2. The summed E-state index contributed by atoms with van der Waals surface area (Å²) in [6.07, 6.45) is 1.82. The predicted molar refractivity (Wildman–Crippen MR) is 112 cm³/mol. The molecule has 1 amide bonds. The Labute approximate surface area is 164 Å². The normalized spacial score (nSPS) is 12.1. The van der Waals surface area contributed by atoms with Crippen LogP contribution in [0, 0.1) is 0 Å². The average Bonchev–Trinajstić information content (AvgIpc) is 2.91. The van der Waals surface area contributed by atoms with Gasteiger partial charge in [-0.3, -0.25) is 9.79 Å². The standard InChI is InChI=1S/C20H27N5O3/c1-6-28-14-8-7-13(15(10-14)23-5)9-12(2)17-16(19(22)26)18(21)25(24-17)11-20(3,4)27/h7-10,27H,5-6,11,21H2,1-4H3,(H2,22,26)/b12-9+. The Hall–Kier alpha value is -3.13. The van der Waals surface area contributed by atoms with Crippen molar-refractivity contribution in [3.8, 4) is 5.75 Å². The van der Waals surface area contributed by atoms with Gasteiger partial charge in [0, 0.05) is 11.6 Å². The van der Waals surface area contributed by atoms with Crippen LogP contribution in [-0.2, 0) is 6.54 Å². The molecule has 5 N–H and O–H groups in total. The second kappa shape index (κ2) is 8.26. The zero-order chi connectivity index (χ0) is 21.1. The Morgan fingerprint density at radius 3 is 2.68 bits per heavy atom. The minimum atomic E-state index is -1.06. The number of amides is 1. The average molecular weight is 385 g/mol. The summed E-state index contributed by atoms with van der Waals surface area (Å²) in [4.78, 5) is 16.0. The van der Waals surface area contributed by atoms with Crippen LogP contribution in [0.4, 0.5) is 11.5 Å². The first-order valence-electron chi connectivity index (χ1n) is 8.88. The molecule has 2 rings (SSSR count). The van der Waals surface area contributed by atoms with E-state index in [-0.39, 0.29) is 17.9 Å². The van der Waals surface area contributed by atoms with Crippen LogP contribution in [0.15, 0.2) is 23.2 Å². The van der Waals surface area contributed by atoms with Gasteiger partial charge < -0.3 is 21.3 Å². The van der Waals surface area contributed by atoms with E-state index in [0.717, 1.165) is 5.56 Å². The molecule has 0 spiro atoms. The van der Waals surface area contributed by atoms with E-state index in [9.17, 15) is 9.90 Å². The molecule has 2 aromatic rings. The topological polar surface area (TPSA) is 129 Å². The lowest BCUT2D eigenvalue weighted by atomic mass is 10.0. The minimum absolute atomic E-state index is 0.117.